The maximum atomic E-state index is 6.19. The highest BCUT2D eigenvalue weighted by Gasteiger charge is 2.05. The second kappa shape index (κ2) is 7.25. The molecule has 0 N–H and O–H groups in total. The van der Waals surface area contributed by atoms with Gasteiger partial charge in [-0.05, 0) is 35.4 Å². The van der Waals surface area contributed by atoms with Gasteiger partial charge in [0.2, 0.25) is 0 Å². The molecule has 3 aromatic carbocycles. The molecular formula is C22H18ClN. The van der Waals surface area contributed by atoms with E-state index < -0.39 is 0 Å². The van der Waals surface area contributed by atoms with Gasteiger partial charge in [-0.1, -0.05) is 72.0 Å². The van der Waals surface area contributed by atoms with Crippen LogP contribution in [0.4, 0.5) is 5.69 Å². The Morgan fingerprint density at radius 1 is 0.750 bits per heavy atom. The molecule has 0 atom stereocenters. The van der Waals surface area contributed by atoms with Crippen molar-refractivity contribution in [1.29, 1.82) is 0 Å². The lowest BCUT2D eigenvalue weighted by Crippen LogP contribution is -2.10. The third kappa shape index (κ3) is 3.62. The molecule has 1 nitrogen and oxygen atoms in total. The largest absolute Gasteiger partial charge is 0.377 e. The molecule has 0 saturated heterocycles. The molecule has 0 aliphatic carbocycles. The fourth-order valence-corrected chi connectivity index (χ4v) is 2.77. The van der Waals surface area contributed by atoms with Crippen molar-refractivity contribution in [3.63, 3.8) is 0 Å². The van der Waals surface area contributed by atoms with E-state index in [1.165, 1.54) is 0 Å². The summed E-state index contributed by atoms with van der Waals surface area (Å²) in [5, 5.41) is 0.694. The normalized spacial score (nSPS) is 9.96. The summed E-state index contributed by atoms with van der Waals surface area (Å²) in [4.78, 5) is 2.07. The highest BCUT2D eigenvalue weighted by atomic mass is 35.5. The van der Waals surface area contributed by atoms with E-state index in [-0.39, 0.29) is 0 Å². The van der Waals surface area contributed by atoms with E-state index in [1.54, 1.807) is 0 Å². The van der Waals surface area contributed by atoms with E-state index in [0.29, 0.717) is 5.02 Å². The van der Waals surface area contributed by atoms with Crippen LogP contribution < -0.4 is 4.90 Å². The van der Waals surface area contributed by atoms with Crippen LogP contribution in [0.15, 0.2) is 72.8 Å². The lowest BCUT2D eigenvalue weighted by Gasteiger charge is -2.14. The van der Waals surface area contributed by atoms with Gasteiger partial charge < -0.3 is 4.90 Å². The summed E-state index contributed by atoms with van der Waals surface area (Å²) in [6, 6.07) is 24.2. The van der Waals surface area contributed by atoms with Gasteiger partial charge in [0.1, 0.15) is 0 Å². The zero-order valence-corrected chi connectivity index (χ0v) is 14.5. The lowest BCUT2D eigenvalue weighted by atomic mass is 9.99. The molecule has 118 valence electrons. The van der Waals surface area contributed by atoms with Gasteiger partial charge in [0.15, 0.2) is 0 Å². The molecule has 0 heterocycles. The highest BCUT2D eigenvalue weighted by molar-refractivity contribution is 6.30. The number of benzene rings is 3. The monoisotopic (exact) mass is 331 g/mol. The Morgan fingerprint density at radius 3 is 2.17 bits per heavy atom. The summed E-state index contributed by atoms with van der Waals surface area (Å²) in [7, 11) is 4.05. The quantitative estimate of drug-likeness (QED) is 0.562. The number of halogens is 1. The molecule has 0 spiro atoms. The highest BCUT2D eigenvalue weighted by Crippen LogP contribution is 2.26. The van der Waals surface area contributed by atoms with E-state index >= 15 is 0 Å². The molecule has 0 amide bonds. The van der Waals surface area contributed by atoms with E-state index in [2.05, 4.69) is 34.9 Å². The van der Waals surface area contributed by atoms with Crippen molar-refractivity contribution in [3.8, 4) is 23.0 Å². The van der Waals surface area contributed by atoms with Crippen molar-refractivity contribution in [2.45, 2.75) is 0 Å². The van der Waals surface area contributed by atoms with Gasteiger partial charge in [0.05, 0.1) is 5.69 Å². The molecular weight excluding hydrogens is 314 g/mol. The Balaban J connectivity index is 2.08. The summed E-state index contributed by atoms with van der Waals surface area (Å²) in [5.74, 6) is 6.60. The average molecular weight is 332 g/mol. The van der Waals surface area contributed by atoms with E-state index in [1.807, 2.05) is 68.7 Å². The first kappa shape index (κ1) is 16.2. The minimum atomic E-state index is 0.694. The van der Waals surface area contributed by atoms with Crippen LogP contribution in [0, 0.1) is 11.8 Å². The van der Waals surface area contributed by atoms with Crippen LogP contribution in [0.3, 0.4) is 0 Å². The second-order valence-corrected chi connectivity index (χ2v) is 6.15. The molecule has 0 fully saturated rings. The first-order chi connectivity index (χ1) is 11.6. The molecule has 0 aromatic heterocycles. The number of para-hydroxylation sites is 1. The summed E-state index contributed by atoms with van der Waals surface area (Å²) < 4.78 is 0. The first-order valence-electron chi connectivity index (χ1n) is 7.78. The van der Waals surface area contributed by atoms with Crippen LogP contribution in [0.1, 0.15) is 11.1 Å². The van der Waals surface area contributed by atoms with Crippen molar-refractivity contribution in [3.05, 3.63) is 88.9 Å². The van der Waals surface area contributed by atoms with Crippen LogP contribution in [0.2, 0.25) is 5.02 Å². The van der Waals surface area contributed by atoms with Gasteiger partial charge in [-0.25, -0.2) is 0 Å². The predicted octanol–water partition coefficient (Wildman–Crippen LogP) is 5.47. The number of nitrogens with zero attached hydrogens (tertiary/aromatic N) is 1. The van der Waals surface area contributed by atoms with Crippen molar-refractivity contribution < 1.29 is 0 Å². The van der Waals surface area contributed by atoms with Gasteiger partial charge in [-0.3, -0.25) is 0 Å². The molecule has 2 heteroatoms. The van der Waals surface area contributed by atoms with Gasteiger partial charge in [0.25, 0.3) is 0 Å². The maximum Gasteiger partial charge on any atom is 0.0520 e. The fourth-order valence-electron chi connectivity index (χ4n) is 2.59. The number of rotatable bonds is 2. The predicted molar refractivity (Wildman–Crippen MR) is 104 cm³/mol. The Labute approximate surface area is 148 Å². The van der Waals surface area contributed by atoms with Crippen LogP contribution in [0.5, 0.6) is 0 Å². The zero-order chi connectivity index (χ0) is 16.9. The van der Waals surface area contributed by atoms with Crippen LogP contribution >= 0.6 is 11.6 Å². The number of hydrogen-bond acceptors (Lipinski definition) is 1. The minimum Gasteiger partial charge on any atom is -0.377 e. The van der Waals surface area contributed by atoms with Gasteiger partial charge in [-0.2, -0.15) is 0 Å². The van der Waals surface area contributed by atoms with Crippen LogP contribution in [-0.4, -0.2) is 14.1 Å². The number of anilines is 1. The van der Waals surface area contributed by atoms with Gasteiger partial charge in [-0.15, -0.1) is 0 Å². The molecule has 0 bridgehead atoms. The van der Waals surface area contributed by atoms with Crippen molar-refractivity contribution in [2.75, 3.05) is 19.0 Å². The average Bonchev–Trinajstić information content (AvgIpc) is 2.61. The van der Waals surface area contributed by atoms with Crippen LogP contribution in [0.25, 0.3) is 11.1 Å². The SMILES string of the molecule is CN(C)c1ccccc1C#Cc1cc(Cl)ccc1-c1ccccc1. The van der Waals surface area contributed by atoms with E-state index in [4.69, 9.17) is 11.6 Å². The molecule has 0 unspecified atom stereocenters. The molecule has 24 heavy (non-hydrogen) atoms. The molecule has 3 rings (SSSR count). The lowest BCUT2D eigenvalue weighted by molar-refractivity contribution is 1.13. The first-order valence-corrected chi connectivity index (χ1v) is 8.16. The smallest absolute Gasteiger partial charge is 0.0520 e. The minimum absolute atomic E-state index is 0.694. The Bertz CT molecular complexity index is 902. The van der Waals surface area contributed by atoms with E-state index in [9.17, 15) is 0 Å². The second-order valence-electron chi connectivity index (χ2n) is 5.72. The summed E-state index contributed by atoms with van der Waals surface area (Å²) in [6.45, 7) is 0. The third-order valence-corrected chi connectivity index (χ3v) is 4.02. The molecule has 3 aromatic rings. The maximum absolute atomic E-state index is 6.19. The molecule has 0 saturated carbocycles. The molecule has 0 radical (unpaired) electrons. The third-order valence-electron chi connectivity index (χ3n) is 3.78. The molecule has 0 aliphatic heterocycles. The Morgan fingerprint density at radius 2 is 1.42 bits per heavy atom. The standard InChI is InChI=1S/C22H18ClN/c1-24(2)22-11-7-6-10-18(22)12-13-19-16-20(23)14-15-21(19)17-8-4-3-5-9-17/h3-11,14-16H,1-2H3. The van der Waals surface area contributed by atoms with Crippen molar-refractivity contribution in [1.82, 2.24) is 0 Å². The zero-order valence-electron chi connectivity index (χ0n) is 13.8. The molecule has 0 aliphatic rings. The summed E-state index contributed by atoms with van der Waals surface area (Å²) in [6.07, 6.45) is 0. The topological polar surface area (TPSA) is 3.24 Å². The van der Waals surface area contributed by atoms with Crippen molar-refractivity contribution in [2.24, 2.45) is 0 Å². The number of hydrogen-bond donors (Lipinski definition) is 0. The Kier molecular flexibility index (Phi) is 4.89. The van der Waals surface area contributed by atoms with Gasteiger partial charge >= 0.3 is 0 Å². The van der Waals surface area contributed by atoms with Gasteiger partial charge in [0, 0.05) is 30.2 Å². The summed E-state index contributed by atoms with van der Waals surface area (Å²) in [5.41, 5.74) is 5.27. The van der Waals surface area contributed by atoms with Crippen molar-refractivity contribution >= 4 is 17.3 Å². The fraction of sp³-hybridized carbons (Fsp3) is 0.0909. The summed E-state index contributed by atoms with van der Waals surface area (Å²) >= 11 is 6.19. The van der Waals surface area contributed by atoms with Crippen LogP contribution in [-0.2, 0) is 0 Å². The Hall–Kier alpha value is -2.69. The van der Waals surface area contributed by atoms with E-state index in [0.717, 1.165) is 27.9 Å².